The van der Waals surface area contributed by atoms with Crippen LogP contribution in [-0.2, 0) is 34.8 Å². The lowest BCUT2D eigenvalue weighted by Gasteiger charge is -2.19. The molecule has 1 aromatic carbocycles. The first-order valence-corrected chi connectivity index (χ1v) is 13.2. The number of hydrogen-bond donors (Lipinski definition) is 1. The zero-order valence-corrected chi connectivity index (χ0v) is 21.9. The van der Waals surface area contributed by atoms with Crippen molar-refractivity contribution in [2.75, 3.05) is 17.7 Å². The number of rotatable bonds is 7. The summed E-state index contributed by atoms with van der Waals surface area (Å²) >= 11 is 2.80. The van der Waals surface area contributed by atoms with Crippen molar-refractivity contribution in [3.63, 3.8) is 0 Å². The van der Waals surface area contributed by atoms with E-state index in [0.717, 1.165) is 36.2 Å². The predicted molar refractivity (Wildman–Crippen MR) is 137 cm³/mol. The fourth-order valence-electron chi connectivity index (χ4n) is 4.02. The molecule has 0 atom stereocenters. The average Bonchev–Trinajstić information content (AvgIpc) is 3.46. The Bertz CT molecular complexity index is 1210. The number of ether oxygens (including phenoxy) is 1. The summed E-state index contributed by atoms with van der Waals surface area (Å²) in [6.07, 6.45) is 2.82. The number of fused-ring (bicyclic) bond motifs is 1. The fraction of sp³-hybridized carbons (Fsp3) is 0.440. The van der Waals surface area contributed by atoms with E-state index >= 15 is 0 Å². The van der Waals surface area contributed by atoms with Crippen LogP contribution in [0.3, 0.4) is 0 Å². The molecule has 7 nitrogen and oxygen atoms in total. The van der Waals surface area contributed by atoms with Crippen LogP contribution in [0.15, 0.2) is 29.4 Å². The molecule has 0 aliphatic heterocycles. The van der Waals surface area contributed by atoms with E-state index in [4.69, 9.17) is 4.74 Å². The molecule has 1 aliphatic carbocycles. The summed E-state index contributed by atoms with van der Waals surface area (Å²) in [6.45, 7) is 8.64. The summed E-state index contributed by atoms with van der Waals surface area (Å²) in [5.41, 5.74) is 3.87. The number of nitrogens with zero attached hydrogens (tertiary/aromatic N) is 3. The van der Waals surface area contributed by atoms with Crippen LogP contribution in [0.4, 0.5) is 5.00 Å². The van der Waals surface area contributed by atoms with Crippen molar-refractivity contribution in [3.05, 3.63) is 45.8 Å². The molecule has 4 rings (SSSR count). The minimum absolute atomic E-state index is 0.0860. The zero-order valence-electron chi connectivity index (χ0n) is 20.2. The summed E-state index contributed by atoms with van der Waals surface area (Å²) in [7, 11) is 1.90. The molecule has 0 fully saturated rings. The Morgan fingerprint density at radius 2 is 1.91 bits per heavy atom. The molecule has 180 valence electrons. The Balaban J connectivity index is 1.43. The number of nitrogens with one attached hydrogen (secondary N) is 1. The number of carbonyl (C=O) groups excluding carboxylic acids is 2. The van der Waals surface area contributed by atoms with Crippen LogP contribution in [-0.4, -0.2) is 39.0 Å². The topological polar surface area (TPSA) is 86.1 Å². The second-order valence-electron chi connectivity index (χ2n) is 9.31. The van der Waals surface area contributed by atoms with E-state index in [0.29, 0.717) is 22.3 Å². The highest BCUT2D eigenvalue weighted by Crippen LogP contribution is 2.39. The Morgan fingerprint density at radius 3 is 2.59 bits per heavy atom. The van der Waals surface area contributed by atoms with Gasteiger partial charge in [-0.05, 0) is 42.7 Å². The van der Waals surface area contributed by atoms with Crippen LogP contribution < -0.4 is 5.32 Å². The van der Waals surface area contributed by atoms with Crippen LogP contribution >= 0.6 is 23.1 Å². The van der Waals surface area contributed by atoms with Gasteiger partial charge < -0.3 is 14.6 Å². The van der Waals surface area contributed by atoms with Crippen molar-refractivity contribution in [3.8, 4) is 11.4 Å². The highest BCUT2D eigenvalue weighted by Gasteiger charge is 2.28. The second kappa shape index (κ2) is 9.92. The maximum atomic E-state index is 12.7. The number of amides is 1. The molecule has 34 heavy (non-hydrogen) atoms. The highest BCUT2D eigenvalue weighted by atomic mass is 32.2. The highest BCUT2D eigenvalue weighted by molar-refractivity contribution is 7.99. The van der Waals surface area contributed by atoms with Crippen LogP contribution in [0.2, 0.25) is 0 Å². The number of hydrogen-bond acceptors (Lipinski definition) is 7. The molecule has 9 heteroatoms. The predicted octanol–water partition coefficient (Wildman–Crippen LogP) is 5.24. The van der Waals surface area contributed by atoms with Crippen LogP contribution in [0.25, 0.3) is 11.4 Å². The van der Waals surface area contributed by atoms with Crippen LogP contribution in [0.5, 0.6) is 0 Å². The fourth-order valence-corrected chi connectivity index (χ4v) is 6.02. The quantitative estimate of drug-likeness (QED) is 0.354. The first kappa shape index (κ1) is 24.5. The van der Waals surface area contributed by atoms with Gasteiger partial charge in [0.05, 0.1) is 17.9 Å². The Kier molecular flexibility index (Phi) is 7.14. The van der Waals surface area contributed by atoms with Gasteiger partial charge in [-0.25, -0.2) is 4.79 Å². The number of esters is 1. The zero-order chi connectivity index (χ0) is 24.5. The van der Waals surface area contributed by atoms with Gasteiger partial charge in [0.1, 0.15) is 5.00 Å². The van der Waals surface area contributed by atoms with Gasteiger partial charge >= 0.3 is 5.97 Å². The van der Waals surface area contributed by atoms with E-state index in [1.807, 2.05) is 11.6 Å². The molecule has 0 radical (unpaired) electrons. The van der Waals surface area contributed by atoms with Crippen molar-refractivity contribution in [2.45, 2.75) is 57.5 Å². The molecule has 0 bridgehead atoms. The number of aromatic nitrogens is 3. The molecule has 1 N–H and O–H groups in total. The monoisotopic (exact) mass is 498 g/mol. The smallest absolute Gasteiger partial charge is 0.341 e. The van der Waals surface area contributed by atoms with E-state index in [1.165, 1.54) is 33.5 Å². The van der Waals surface area contributed by atoms with Gasteiger partial charge in [-0.3, -0.25) is 4.79 Å². The van der Waals surface area contributed by atoms with E-state index in [1.54, 1.807) is 6.92 Å². The van der Waals surface area contributed by atoms with Gasteiger partial charge in [0.15, 0.2) is 11.0 Å². The average molecular weight is 499 g/mol. The minimum atomic E-state index is -0.361. The Hall–Kier alpha value is -2.65. The first-order valence-electron chi connectivity index (χ1n) is 11.4. The van der Waals surface area contributed by atoms with Crippen LogP contribution in [0, 0.1) is 0 Å². The Morgan fingerprint density at radius 1 is 1.18 bits per heavy atom. The largest absolute Gasteiger partial charge is 0.462 e. The van der Waals surface area contributed by atoms with Crippen LogP contribution in [0.1, 0.15) is 60.5 Å². The standard InChI is InChI=1S/C25H30N4O3S2/c1-6-32-23(31)20-17-8-7-9-18(17)34-22(20)26-19(30)14-33-24-28-27-21(29(24)5)15-10-12-16(13-11-15)25(2,3)4/h10-13H,6-9,14H2,1-5H3,(H,26,30). The molecule has 0 spiro atoms. The molecule has 1 amide bonds. The van der Waals surface area contributed by atoms with E-state index in [9.17, 15) is 9.59 Å². The molecule has 3 aromatic rings. The number of carbonyl (C=O) groups is 2. The van der Waals surface area contributed by atoms with Gasteiger partial charge in [-0.2, -0.15) is 0 Å². The number of thioether (sulfide) groups is 1. The molecule has 0 saturated heterocycles. The van der Waals surface area contributed by atoms with Crippen molar-refractivity contribution < 1.29 is 14.3 Å². The van der Waals surface area contributed by atoms with E-state index < -0.39 is 0 Å². The normalized spacial score (nSPS) is 13.1. The summed E-state index contributed by atoms with van der Waals surface area (Å²) in [5.74, 6) is 0.372. The summed E-state index contributed by atoms with van der Waals surface area (Å²) in [5, 5.41) is 12.8. The third-order valence-corrected chi connectivity index (χ3v) is 8.06. The molecular weight excluding hydrogens is 468 g/mol. The molecule has 2 heterocycles. The number of thiophene rings is 1. The molecule has 0 unspecified atom stereocenters. The summed E-state index contributed by atoms with van der Waals surface area (Å²) < 4.78 is 7.14. The second-order valence-corrected chi connectivity index (χ2v) is 11.4. The van der Waals surface area contributed by atoms with E-state index in [-0.39, 0.29) is 23.0 Å². The lowest BCUT2D eigenvalue weighted by Crippen LogP contribution is -2.17. The van der Waals surface area contributed by atoms with Gasteiger partial charge in [0, 0.05) is 17.5 Å². The van der Waals surface area contributed by atoms with Gasteiger partial charge in [0.2, 0.25) is 5.91 Å². The van der Waals surface area contributed by atoms with E-state index in [2.05, 4.69) is 60.6 Å². The minimum Gasteiger partial charge on any atom is -0.462 e. The maximum absolute atomic E-state index is 12.7. The molecule has 0 saturated carbocycles. The third kappa shape index (κ3) is 5.05. The summed E-state index contributed by atoms with van der Waals surface area (Å²) in [6, 6.07) is 8.34. The third-order valence-electron chi connectivity index (χ3n) is 5.83. The maximum Gasteiger partial charge on any atom is 0.341 e. The molecular formula is C25H30N4O3S2. The van der Waals surface area contributed by atoms with Gasteiger partial charge in [-0.15, -0.1) is 21.5 Å². The van der Waals surface area contributed by atoms with Gasteiger partial charge in [0.25, 0.3) is 0 Å². The van der Waals surface area contributed by atoms with Crippen molar-refractivity contribution in [1.29, 1.82) is 0 Å². The van der Waals surface area contributed by atoms with Gasteiger partial charge in [-0.1, -0.05) is 56.8 Å². The lowest BCUT2D eigenvalue weighted by atomic mass is 9.87. The van der Waals surface area contributed by atoms with Crippen molar-refractivity contribution in [2.24, 2.45) is 7.05 Å². The number of anilines is 1. The first-order chi connectivity index (χ1) is 16.2. The van der Waals surface area contributed by atoms with Crippen molar-refractivity contribution in [1.82, 2.24) is 14.8 Å². The SMILES string of the molecule is CCOC(=O)c1c(NC(=O)CSc2nnc(-c3ccc(C(C)(C)C)cc3)n2C)sc2c1CCC2. The molecule has 1 aliphatic rings. The van der Waals surface area contributed by atoms with Crippen molar-refractivity contribution >= 4 is 40.0 Å². The summed E-state index contributed by atoms with van der Waals surface area (Å²) in [4.78, 5) is 26.4. The molecule has 2 aromatic heterocycles. The number of benzene rings is 1. The number of aryl methyl sites for hydroxylation is 1. The Labute approximate surface area is 208 Å². The lowest BCUT2D eigenvalue weighted by molar-refractivity contribution is -0.113.